The summed E-state index contributed by atoms with van der Waals surface area (Å²) in [4.78, 5) is 30.9. The highest BCUT2D eigenvalue weighted by Crippen LogP contribution is 2.22. The first-order valence-electron chi connectivity index (χ1n) is 11.5. The fraction of sp³-hybridized carbons (Fsp3) is 0.333. The lowest BCUT2D eigenvalue weighted by atomic mass is 10.1. The largest absolute Gasteiger partial charge is 0.495 e. The Balaban J connectivity index is 1.48. The molecule has 34 heavy (non-hydrogen) atoms. The minimum Gasteiger partial charge on any atom is -0.495 e. The molecule has 0 N–H and O–H groups in total. The van der Waals surface area contributed by atoms with E-state index in [1.807, 2.05) is 36.1 Å². The average Bonchev–Trinajstić information content (AvgIpc) is 2.87. The van der Waals surface area contributed by atoms with Gasteiger partial charge in [-0.15, -0.1) is 0 Å². The lowest BCUT2D eigenvalue weighted by molar-refractivity contribution is 0.0746. The molecule has 0 unspecified atom stereocenters. The van der Waals surface area contributed by atoms with Crippen LogP contribution in [0.3, 0.4) is 0 Å². The molecule has 0 atom stereocenters. The van der Waals surface area contributed by atoms with Crippen LogP contribution in [0.1, 0.15) is 52.9 Å². The van der Waals surface area contributed by atoms with Gasteiger partial charge in [-0.05, 0) is 43.2 Å². The summed E-state index contributed by atoms with van der Waals surface area (Å²) >= 11 is 0. The molecule has 1 saturated heterocycles. The van der Waals surface area contributed by atoms with E-state index in [0.717, 1.165) is 30.4 Å². The zero-order valence-electron chi connectivity index (χ0n) is 20.1. The van der Waals surface area contributed by atoms with Gasteiger partial charge in [0, 0.05) is 55.6 Å². The van der Waals surface area contributed by atoms with Gasteiger partial charge in [0.1, 0.15) is 23.1 Å². The summed E-state index contributed by atoms with van der Waals surface area (Å²) < 4.78 is 5.45. The number of anilines is 1. The Morgan fingerprint density at radius 2 is 1.82 bits per heavy atom. The normalized spacial score (nSPS) is 13.4. The van der Waals surface area contributed by atoms with Crippen LogP contribution in [0.4, 0.5) is 5.82 Å². The molecule has 7 heteroatoms. The minimum absolute atomic E-state index is 0.00933. The van der Waals surface area contributed by atoms with Crippen LogP contribution in [0.5, 0.6) is 5.75 Å². The number of hydrogen-bond donors (Lipinski definition) is 0. The Labute approximate surface area is 200 Å². The van der Waals surface area contributed by atoms with E-state index >= 15 is 0 Å². The molecule has 0 aliphatic carbocycles. The van der Waals surface area contributed by atoms with Crippen molar-refractivity contribution in [2.24, 2.45) is 0 Å². The number of nitrogens with zero attached hydrogens (tertiary/aromatic N) is 5. The van der Waals surface area contributed by atoms with Crippen LogP contribution in [0.25, 0.3) is 0 Å². The molecule has 0 bridgehead atoms. The Hall–Kier alpha value is -3.92. The third-order valence-electron chi connectivity index (χ3n) is 5.70. The zero-order chi connectivity index (χ0) is 24.1. The van der Waals surface area contributed by atoms with Crippen molar-refractivity contribution in [3.05, 3.63) is 77.0 Å². The maximum Gasteiger partial charge on any atom is 0.254 e. The van der Waals surface area contributed by atoms with Crippen molar-refractivity contribution in [2.75, 3.05) is 38.2 Å². The monoisotopic (exact) mass is 455 g/mol. The average molecular weight is 456 g/mol. The number of rotatable bonds is 4. The Morgan fingerprint density at radius 3 is 2.50 bits per heavy atom. The molecule has 174 valence electrons. The van der Waals surface area contributed by atoms with Crippen molar-refractivity contribution in [3.63, 3.8) is 0 Å². The predicted molar refractivity (Wildman–Crippen MR) is 132 cm³/mol. The summed E-state index contributed by atoms with van der Waals surface area (Å²) in [7, 11) is 1.60. The lowest BCUT2D eigenvalue weighted by Crippen LogP contribution is -2.49. The van der Waals surface area contributed by atoms with Crippen LogP contribution in [0.15, 0.2) is 48.7 Å². The van der Waals surface area contributed by atoms with E-state index in [0.29, 0.717) is 35.7 Å². The molecule has 3 heterocycles. The van der Waals surface area contributed by atoms with Gasteiger partial charge in [0.15, 0.2) is 0 Å². The van der Waals surface area contributed by atoms with Crippen molar-refractivity contribution in [1.29, 1.82) is 0 Å². The van der Waals surface area contributed by atoms with E-state index in [1.54, 1.807) is 31.5 Å². The van der Waals surface area contributed by atoms with Gasteiger partial charge in [-0.25, -0.2) is 15.0 Å². The SMILES string of the molecule is COc1ccc(C(=O)N2CCN(c3cc(C)nc(C(C)C)n3)CC2)cc1C#Cc1ccccn1. The number of methoxy groups -OCH3 is 1. The van der Waals surface area contributed by atoms with E-state index in [4.69, 9.17) is 9.72 Å². The first-order chi connectivity index (χ1) is 16.4. The molecule has 4 rings (SSSR count). The molecule has 1 aliphatic heterocycles. The van der Waals surface area contributed by atoms with Crippen LogP contribution in [-0.4, -0.2) is 59.0 Å². The number of benzene rings is 1. The second kappa shape index (κ2) is 10.3. The van der Waals surface area contributed by atoms with Gasteiger partial charge >= 0.3 is 0 Å². The van der Waals surface area contributed by atoms with Gasteiger partial charge in [0.05, 0.1) is 12.7 Å². The van der Waals surface area contributed by atoms with Gasteiger partial charge in [-0.2, -0.15) is 0 Å². The molecule has 1 aliphatic rings. The molecule has 1 fully saturated rings. The second-order valence-electron chi connectivity index (χ2n) is 8.54. The molecular weight excluding hydrogens is 426 g/mol. The summed E-state index contributed by atoms with van der Waals surface area (Å²) in [6, 6.07) is 13.0. The van der Waals surface area contributed by atoms with E-state index in [1.165, 1.54) is 0 Å². The highest BCUT2D eigenvalue weighted by atomic mass is 16.5. The van der Waals surface area contributed by atoms with Crippen LogP contribution in [0.2, 0.25) is 0 Å². The molecule has 0 radical (unpaired) electrons. The Morgan fingerprint density at radius 1 is 1.03 bits per heavy atom. The lowest BCUT2D eigenvalue weighted by Gasteiger charge is -2.35. The number of piperazine rings is 1. The molecule has 7 nitrogen and oxygen atoms in total. The highest BCUT2D eigenvalue weighted by molar-refractivity contribution is 5.95. The quantitative estimate of drug-likeness (QED) is 0.559. The first kappa shape index (κ1) is 23.2. The predicted octanol–water partition coefficient (Wildman–Crippen LogP) is 3.67. The number of carbonyl (C=O) groups is 1. The number of hydrogen-bond acceptors (Lipinski definition) is 6. The van der Waals surface area contributed by atoms with Crippen molar-refractivity contribution >= 4 is 11.7 Å². The highest BCUT2D eigenvalue weighted by Gasteiger charge is 2.24. The first-order valence-corrected chi connectivity index (χ1v) is 11.5. The standard InChI is InChI=1S/C27H29N5O2/c1-19(2)26-29-20(3)17-25(30-26)31-13-15-32(16-14-31)27(33)22-9-11-24(34-4)21(18-22)8-10-23-7-5-6-12-28-23/h5-7,9,11-12,17-19H,13-16H2,1-4H3. The number of aromatic nitrogens is 3. The maximum absolute atomic E-state index is 13.2. The van der Waals surface area contributed by atoms with Gasteiger partial charge < -0.3 is 14.5 Å². The van der Waals surface area contributed by atoms with E-state index in [9.17, 15) is 4.79 Å². The summed E-state index contributed by atoms with van der Waals surface area (Å²) in [5, 5.41) is 0. The van der Waals surface area contributed by atoms with Crippen LogP contribution >= 0.6 is 0 Å². The molecule has 3 aromatic rings. The smallest absolute Gasteiger partial charge is 0.254 e. The fourth-order valence-corrected chi connectivity index (χ4v) is 3.82. The zero-order valence-corrected chi connectivity index (χ0v) is 20.1. The summed E-state index contributed by atoms with van der Waals surface area (Å²) in [6.45, 7) is 8.89. The summed E-state index contributed by atoms with van der Waals surface area (Å²) in [5.74, 6) is 8.81. The molecule has 0 saturated carbocycles. The van der Waals surface area contributed by atoms with Gasteiger partial charge in [0.25, 0.3) is 5.91 Å². The van der Waals surface area contributed by atoms with E-state index in [2.05, 4.69) is 40.6 Å². The van der Waals surface area contributed by atoms with E-state index in [-0.39, 0.29) is 11.8 Å². The van der Waals surface area contributed by atoms with Crippen molar-refractivity contribution < 1.29 is 9.53 Å². The molecule has 2 aromatic heterocycles. The summed E-state index contributed by atoms with van der Waals surface area (Å²) in [6.07, 6.45) is 1.70. The van der Waals surface area contributed by atoms with Gasteiger partial charge in [-0.1, -0.05) is 25.8 Å². The van der Waals surface area contributed by atoms with Gasteiger partial charge in [-0.3, -0.25) is 4.79 Å². The van der Waals surface area contributed by atoms with Crippen LogP contribution in [0, 0.1) is 18.8 Å². The number of carbonyl (C=O) groups excluding carboxylic acids is 1. The number of amides is 1. The maximum atomic E-state index is 13.2. The second-order valence-corrected chi connectivity index (χ2v) is 8.54. The van der Waals surface area contributed by atoms with Crippen LogP contribution < -0.4 is 9.64 Å². The number of aryl methyl sites for hydroxylation is 1. The van der Waals surface area contributed by atoms with Gasteiger partial charge in [0.2, 0.25) is 0 Å². The topological polar surface area (TPSA) is 71.5 Å². The number of pyridine rings is 1. The van der Waals surface area contributed by atoms with Crippen molar-refractivity contribution in [2.45, 2.75) is 26.7 Å². The van der Waals surface area contributed by atoms with Crippen molar-refractivity contribution in [3.8, 4) is 17.6 Å². The molecule has 0 spiro atoms. The van der Waals surface area contributed by atoms with Crippen molar-refractivity contribution in [1.82, 2.24) is 19.9 Å². The third kappa shape index (κ3) is 5.34. The van der Waals surface area contributed by atoms with Crippen LogP contribution in [-0.2, 0) is 0 Å². The molecule has 1 aromatic carbocycles. The third-order valence-corrected chi connectivity index (χ3v) is 5.70. The summed E-state index contributed by atoms with van der Waals surface area (Å²) in [5.41, 5.74) is 2.89. The number of ether oxygens (including phenoxy) is 1. The fourth-order valence-electron chi connectivity index (χ4n) is 3.82. The Bertz CT molecular complexity index is 1220. The molecule has 1 amide bonds. The minimum atomic E-state index is -0.00933. The molecular formula is C27H29N5O2. The Kier molecular flexibility index (Phi) is 7.07. The van der Waals surface area contributed by atoms with E-state index < -0.39 is 0 Å².